The van der Waals surface area contributed by atoms with Crippen molar-refractivity contribution < 1.29 is 14.3 Å². The monoisotopic (exact) mass is 260 g/mol. The topological polar surface area (TPSA) is 63.1 Å². The summed E-state index contributed by atoms with van der Waals surface area (Å²) in [6, 6.07) is 7.64. The molecule has 1 unspecified atom stereocenters. The standard InChI is InChI=1S/C14H13FN2O2/c1-2-11(14(18)19)13-16-7-6-12(17-13)9-4-3-5-10(15)8-9/h3-8,11H,2H2,1H3,(H,18,19). The number of aromatic nitrogens is 2. The Morgan fingerprint density at radius 3 is 2.84 bits per heavy atom. The number of carboxylic acid groups (broad SMARTS) is 1. The van der Waals surface area contributed by atoms with Crippen molar-refractivity contribution in [2.45, 2.75) is 19.3 Å². The highest BCUT2D eigenvalue weighted by molar-refractivity contribution is 5.75. The van der Waals surface area contributed by atoms with Gasteiger partial charge in [0.2, 0.25) is 0 Å². The molecule has 1 aromatic carbocycles. The molecular weight excluding hydrogens is 247 g/mol. The molecule has 0 aliphatic heterocycles. The van der Waals surface area contributed by atoms with Crippen molar-refractivity contribution in [1.29, 1.82) is 0 Å². The average Bonchev–Trinajstić information content (AvgIpc) is 2.39. The second-order valence-corrected chi connectivity index (χ2v) is 4.11. The van der Waals surface area contributed by atoms with Crippen molar-refractivity contribution in [3.05, 3.63) is 48.2 Å². The first-order valence-corrected chi connectivity index (χ1v) is 5.93. The minimum atomic E-state index is -0.959. The average molecular weight is 260 g/mol. The normalized spacial score (nSPS) is 12.1. The zero-order valence-electron chi connectivity index (χ0n) is 10.4. The van der Waals surface area contributed by atoms with E-state index < -0.39 is 11.9 Å². The van der Waals surface area contributed by atoms with Crippen molar-refractivity contribution in [3.63, 3.8) is 0 Å². The predicted octanol–water partition coefficient (Wildman–Crippen LogP) is 2.86. The van der Waals surface area contributed by atoms with E-state index in [9.17, 15) is 9.18 Å². The summed E-state index contributed by atoms with van der Waals surface area (Å²) in [4.78, 5) is 19.3. The summed E-state index contributed by atoms with van der Waals surface area (Å²) in [6.45, 7) is 1.76. The second kappa shape index (κ2) is 5.56. The molecule has 2 rings (SSSR count). The Kier molecular flexibility index (Phi) is 3.85. The maximum atomic E-state index is 13.2. The van der Waals surface area contributed by atoms with Gasteiger partial charge < -0.3 is 5.11 Å². The van der Waals surface area contributed by atoms with Crippen LogP contribution in [0, 0.1) is 5.82 Å². The van der Waals surface area contributed by atoms with Crippen LogP contribution < -0.4 is 0 Å². The number of halogens is 1. The van der Waals surface area contributed by atoms with Crippen LogP contribution in [0.2, 0.25) is 0 Å². The molecule has 1 aromatic heterocycles. The number of carbonyl (C=O) groups is 1. The highest BCUT2D eigenvalue weighted by Crippen LogP contribution is 2.21. The van der Waals surface area contributed by atoms with E-state index in [2.05, 4.69) is 9.97 Å². The summed E-state index contributed by atoms with van der Waals surface area (Å²) in [7, 11) is 0. The summed E-state index contributed by atoms with van der Waals surface area (Å²) in [6.07, 6.45) is 1.90. The van der Waals surface area contributed by atoms with E-state index in [1.165, 1.54) is 18.3 Å². The van der Waals surface area contributed by atoms with Crippen LogP contribution >= 0.6 is 0 Å². The number of rotatable bonds is 4. The smallest absolute Gasteiger partial charge is 0.314 e. The number of nitrogens with zero attached hydrogens (tertiary/aromatic N) is 2. The molecule has 98 valence electrons. The van der Waals surface area contributed by atoms with E-state index in [0.29, 0.717) is 17.7 Å². The molecule has 0 fully saturated rings. The Balaban J connectivity index is 2.42. The maximum Gasteiger partial charge on any atom is 0.314 e. The van der Waals surface area contributed by atoms with Crippen LogP contribution in [0.4, 0.5) is 4.39 Å². The lowest BCUT2D eigenvalue weighted by Crippen LogP contribution is -2.14. The van der Waals surface area contributed by atoms with Crippen LogP contribution in [0.25, 0.3) is 11.3 Å². The molecule has 0 saturated carbocycles. The molecule has 0 radical (unpaired) electrons. The van der Waals surface area contributed by atoms with Gasteiger partial charge in [0.05, 0.1) is 5.69 Å². The summed E-state index contributed by atoms with van der Waals surface area (Å²) < 4.78 is 13.2. The largest absolute Gasteiger partial charge is 0.481 e. The number of benzene rings is 1. The van der Waals surface area contributed by atoms with Gasteiger partial charge in [0.25, 0.3) is 0 Å². The van der Waals surface area contributed by atoms with Crippen molar-refractivity contribution >= 4 is 5.97 Å². The fraction of sp³-hybridized carbons (Fsp3) is 0.214. The molecule has 4 nitrogen and oxygen atoms in total. The number of carboxylic acids is 1. The lowest BCUT2D eigenvalue weighted by Gasteiger charge is -2.09. The van der Waals surface area contributed by atoms with E-state index in [4.69, 9.17) is 5.11 Å². The van der Waals surface area contributed by atoms with Gasteiger partial charge in [-0.3, -0.25) is 4.79 Å². The predicted molar refractivity (Wildman–Crippen MR) is 68.1 cm³/mol. The van der Waals surface area contributed by atoms with Gasteiger partial charge in [-0.05, 0) is 24.6 Å². The van der Waals surface area contributed by atoms with Crippen LogP contribution in [-0.2, 0) is 4.79 Å². The van der Waals surface area contributed by atoms with Gasteiger partial charge >= 0.3 is 5.97 Å². The second-order valence-electron chi connectivity index (χ2n) is 4.11. The molecule has 0 spiro atoms. The first-order chi connectivity index (χ1) is 9.11. The fourth-order valence-corrected chi connectivity index (χ4v) is 1.82. The van der Waals surface area contributed by atoms with E-state index in [-0.39, 0.29) is 11.6 Å². The van der Waals surface area contributed by atoms with Crippen molar-refractivity contribution in [3.8, 4) is 11.3 Å². The molecular formula is C14H13FN2O2. The molecule has 0 aliphatic carbocycles. The zero-order chi connectivity index (χ0) is 13.8. The van der Waals surface area contributed by atoms with Crippen molar-refractivity contribution in [2.24, 2.45) is 0 Å². The Morgan fingerprint density at radius 2 is 2.21 bits per heavy atom. The van der Waals surface area contributed by atoms with Gasteiger partial charge in [0.15, 0.2) is 0 Å². The third kappa shape index (κ3) is 2.93. The lowest BCUT2D eigenvalue weighted by atomic mass is 10.1. The summed E-state index contributed by atoms with van der Waals surface area (Å²) in [5, 5.41) is 9.09. The highest BCUT2D eigenvalue weighted by Gasteiger charge is 2.20. The van der Waals surface area contributed by atoms with Gasteiger partial charge in [0.1, 0.15) is 17.6 Å². The third-order valence-electron chi connectivity index (χ3n) is 2.81. The fourth-order valence-electron chi connectivity index (χ4n) is 1.82. The van der Waals surface area contributed by atoms with Gasteiger partial charge in [-0.15, -0.1) is 0 Å². The first-order valence-electron chi connectivity index (χ1n) is 5.93. The lowest BCUT2D eigenvalue weighted by molar-refractivity contribution is -0.139. The summed E-state index contributed by atoms with van der Waals surface area (Å²) in [5.74, 6) is -1.81. The molecule has 2 aromatic rings. The van der Waals surface area contributed by atoms with Crippen LogP contribution in [0.3, 0.4) is 0 Å². The van der Waals surface area contributed by atoms with E-state index in [1.54, 1.807) is 25.1 Å². The van der Waals surface area contributed by atoms with Crippen LogP contribution in [0.1, 0.15) is 25.1 Å². The zero-order valence-corrected chi connectivity index (χ0v) is 10.4. The van der Waals surface area contributed by atoms with E-state index in [1.807, 2.05) is 0 Å². The molecule has 1 atom stereocenters. The number of aliphatic carboxylic acids is 1. The van der Waals surface area contributed by atoms with E-state index in [0.717, 1.165) is 0 Å². The molecule has 0 amide bonds. The van der Waals surface area contributed by atoms with Gasteiger partial charge in [-0.2, -0.15) is 0 Å². The molecule has 0 saturated heterocycles. The minimum Gasteiger partial charge on any atom is -0.481 e. The Morgan fingerprint density at radius 1 is 1.42 bits per heavy atom. The van der Waals surface area contributed by atoms with Crippen molar-refractivity contribution in [2.75, 3.05) is 0 Å². The van der Waals surface area contributed by atoms with E-state index >= 15 is 0 Å². The number of hydrogen-bond acceptors (Lipinski definition) is 3. The van der Waals surface area contributed by atoms with Crippen molar-refractivity contribution in [1.82, 2.24) is 9.97 Å². The SMILES string of the molecule is CCC(C(=O)O)c1nccc(-c2cccc(F)c2)n1. The quantitative estimate of drug-likeness (QED) is 0.918. The number of hydrogen-bond donors (Lipinski definition) is 1. The maximum absolute atomic E-state index is 13.2. The van der Waals surface area contributed by atoms with Crippen LogP contribution in [0.15, 0.2) is 36.5 Å². The molecule has 5 heteroatoms. The molecule has 0 bridgehead atoms. The Hall–Kier alpha value is -2.30. The van der Waals surface area contributed by atoms with Gasteiger partial charge in [-0.1, -0.05) is 19.1 Å². The molecule has 0 aliphatic rings. The van der Waals surface area contributed by atoms with Crippen LogP contribution in [-0.4, -0.2) is 21.0 Å². The van der Waals surface area contributed by atoms with Gasteiger partial charge in [0, 0.05) is 11.8 Å². The minimum absolute atomic E-state index is 0.247. The molecule has 1 N–H and O–H groups in total. The Labute approximate surface area is 110 Å². The first kappa shape index (κ1) is 13.1. The highest BCUT2D eigenvalue weighted by atomic mass is 19.1. The van der Waals surface area contributed by atoms with Crippen LogP contribution in [0.5, 0.6) is 0 Å². The summed E-state index contributed by atoms with van der Waals surface area (Å²) in [5.41, 5.74) is 1.12. The Bertz CT molecular complexity index is 602. The summed E-state index contributed by atoms with van der Waals surface area (Å²) >= 11 is 0. The third-order valence-corrected chi connectivity index (χ3v) is 2.81. The van der Waals surface area contributed by atoms with Gasteiger partial charge in [-0.25, -0.2) is 14.4 Å². The molecule has 1 heterocycles. The molecule has 19 heavy (non-hydrogen) atoms.